The summed E-state index contributed by atoms with van der Waals surface area (Å²) in [7, 11) is 1.93. The van der Waals surface area contributed by atoms with Gasteiger partial charge in [-0.2, -0.15) is 0 Å². The number of aryl methyl sites for hydroxylation is 1. The predicted octanol–water partition coefficient (Wildman–Crippen LogP) is 5.22. The van der Waals surface area contributed by atoms with Crippen molar-refractivity contribution in [1.29, 1.82) is 0 Å². The molecule has 0 fully saturated rings. The molecular weight excluding hydrogens is 326 g/mol. The van der Waals surface area contributed by atoms with Gasteiger partial charge in [-0.05, 0) is 41.1 Å². The van der Waals surface area contributed by atoms with E-state index in [0.717, 1.165) is 39.1 Å². The first-order valence-corrected chi connectivity index (χ1v) is 8.27. The van der Waals surface area contributed by atoms with E-state index >= 15 is 0 Å². The molecule has 26 heavy (non-hydrogen) atoms. The van der Waals surface area contributed by atoms with Gasteiger partial charge in [0.2, 0.25) is 0 Å². The van der Waals surface area contributed by atoms with Gasteiger partial charge in [0.05, 0.1) is 5.52 Å². The normalized spacial score (nSPS) is 11.4. The Labute approximate surface area is 150 Å². The number of ether oxygens (including phenoxy) is 1. The van der Waals surface area contributed by atoms with E-state index in [9.17, 15) is 4.79 Å². The fraction of sp³-hybridized carbons (Fsp3) is 0.0455. The van der Waals surface area contributed by atoms with Crippen molar-refractivity contribution >= 4 is 33.7 Å². The van der Waals surface area contributed by atoms with Gasteiger partial charge in [-0.1, -0.05) is 36.4 Å². The van der Waals surface area contributed by atoms with E-state index in [0.29, 0.717) is 5.75 Å². The summed E-state index contributed by atoms with van der Waals surface area (Å²) in [5, 5.41) is 12.1. The maximum absolute atomic E-state index is 10.9. The fourth-order valence-corrected chi connectivity index (χ4v) is 3.18. The Hall–Kier alpha value is -3.53. The third kappa shape index (κ3) is 2.93. The van der Waals surface area contributed by atoms with Gasteiger partial charge in [0.1, 0.15) is 11.5 Å². The van der Waals surface area contributed by atoms with E-state index in [1.54, 1.807) is 6.08 Å². The second-order valence-corrected chi connectivity index (χ2v) is 6.13. The molecule has 128 valence electrons. The highest BCUT2D eigenvalue weighted by Crippen LogP contribution is 2.35. The summed E-state index contributed by atoms with van der Waals surface area (Å²) in [6.07, 6.45) is 4.64. The van der Waals surface area contributed by atoms with Crippen molar-refractivity contribution in [1.82, 2.24) is 4.57 Å². The van der Waals surface area contributed by atoms with Gasteiger partial charge < -0.3 is 14.4 Å². The number of carboxylic acids is 1. The minimum atomic E-state index is -0.977. The van der Waals surface area contributed by atoms with Crippen molar-refractivity contribution in [3.8, 4) is 11.5 Å². The first-order chi connectivity index (χ1) is 12.6. The zero-order chi connectivity index (χ0) is 18.1. The van der Waals surface area contributed by atoms with Gasteiger partial charge in [-0.25, -0.2) is 4.79 Å². The van der Waals surface area contributed by atoms with Gasteiger partial charge >= 0.3 is 5.97 Å². The molecule has 1 heterocycles. The molecule has 4 nitrogen and oxygen atoms in total. The Morgan fingerprint density at radius 3 is 2.65 bits per heavy atom. The minimum Gasteiger partial charge on any atom is -0.478 e. The Kier molecular flexibility index (Phi) is 3.93. The average molecular weight is 343 g/mol. The lowest BCUT2D eigenvalue weighted by molar-refractivity contribution is -0.131. The van der Waals surface area contributed by atoms with Crippen LogP contribution in [0.4, 0.5) is 0 Å². The second-order valence-electron chi connectivity index (χ2n) is 6.13. The number of rotatable bonds is 4. The maximum Gasteiger partial charge on any atom is 0.328 e. The standard InChI is InChI=1S/C22H17NO3/c1-23-14-17(10-12-21(24)25)22-19(23)7-4-8-20(22)26-18-11-9-15-5-2-3-6-16(15)13-18/h2-14H,1H3,(H,24,25). The Bertz CT molecular complexity index is 1150. The molecule has 0 aliphatic heterocycles. The molecule has 0 spiro atoms. The molecule has 0 aliphatic carbocycles. The zero-order valence-electron chi connectivity index (χ0n) is 14.2. The van der Waals surface area contributed by atoms with Crippen LogP contribution in [0.3, 0.4) is 0 Å². The third-order valence-electron chi connectivity index (χ3n) is 4.36. The molecule has 0 amide bonds. The number of carbonyl (C=O) groups is 1. The van der Waals surface area contributed by atoms with Crippen molar-refractivity contribution in [3.05, 3.63) is 78.5 Å². The summed E-state index contributed by atoms with van der Waals surface area (Å²) < 4.78 is 8.13. The fourth-order valence-electron chi connectivity index (χ4n) is 3.18. The van der Waals surface area contributed by atoms with Crippen LogP contribution in [0.15, 0.2) is 72.9 Å². The summed E-state index contributed by atoms with van der Waals surface area (Å²) in [6, 6.07) is 19.9. The smallest absolute Gasteiger partial charge is 0.328 e. The van der Waals surface area contributed by atoms with Crippen LogP contribution in [0.1, 0.15) is 5.56 Å². The van der Waals surface area contributed by atoms with E-state index in [4.69, 9.17) is 9.84 Å². The zero-order valence-corrected chi connectivity index (χ0v) is 14.2. The van der Waals surface area contributed by atoms with Crippen LogP contribution < -0.4 is 4.74 Å². The molecule has 0 atom stereocenters. The van der Waals surface area contributed by atoms with Crippen molar-refractivity contribution in [2.24, 2.45) is 7.05 Å². The van der Waals surface area contributed by atoms with E-state index in [1.165, 1.54) is 0 Å². The summed E-state index contributed by atoms with van der Waals surface area (Å²) in [5.74, 6) is 0.464. The molecule has 0 aliphatic rings. The van der Waals surface area contributed by atoms with Crippen LogP contribution in [0.25, 0.3) is 27.8 Å². The monoisotopic (exact) mass is 343 g/mol. The number of carboxylic acid groups (broad SMARTS) is 1. The van der Waals surface area contributed by atoms with Crippen molar-refractivity contribution < 1.29 is 14.6 Å². The first-order valence-electron chi connectivity index (χ1n) is 8.27. The molecule has 0 unspecified atom stereocenters. The number of aliphatic carboxylic acids is 1. The number of hydrogen-bond acceptors (Lipinski definition) is 2. The number of benzene rings is 3. The molecule has 0 saturated carbocycles. The molecule has 1 aromatic heterocycles. The molecule has 4 aromatic rings. The van der Waals surface area contributed by atoms with Crippen LogP contribution in [0, 0.1) is 0 Å². The molecule has 4 heteroatoms. The Morgan fingerprint density at radius 1 is 1.04 bits per heavy atom. The Balaban J connectivity index is 1.81. The third-order valence-corrected chi connectivity index (χ3v) is 4.36. The number of aromatic nitrogens is 1. The highest BCUT2D eigenvalue weighted by Gasteiger charge is 2.11. The van der Waals surface area contributed by atoms with Crippen LogP contribution in [0.5, 0.6) is 11.5 Å². The van der Waals surface area contributed by atoms with Crippen molar-refractivity contribution in [2.75, 3.05) is 0 Å². The maximum atomic E-state index is 10.9. The largest absolute Gasteiger partial charge is 0.478 e. The molecule has 0 saturated heterocycles. The molecular formula is C22H17NO3. The lowest BCUT2D eigenvalue weighted by Crippen LogP contribution is -1.88. The van der Waals surface area contributed by atoms with Crippen LogP contribution in [-0.2, 0) is 11.8 Å². The summed E-state index contributed by atoms with van der Waals surface area (Å²) >= 11 is 0. The second kappa shape index (κ2) is 6.41. The molecule has 1 N–H and O–H groups in total. The number of hydrogen-bond donors (Lipinski definition) is 1. The predicted molar refractivity (Wildman–Crippen MR) is 104 cm³/mol. The number of nitrogens with zero attached hydrogens (tertiary/aromatic N) is 1. The van der Waals surface area contributed by atoms with E-state index in [2.05, 4.69) is 6.07 Å². The highest BCUT2D eigenvalue weighted by molar-refractivity contribution is 5.97. The SMILES string of the molecule is Cn1cc(C=CC(=O)O)c2c(Oc3ccc4ccccc4c3)cccc21. The van der Waals surface area contributed by atoms with Gasteiger partial charge in [-0.15, -0.1) is 0 Å². The molecule has 0 bridgehead atoms. The first kappa shape index (κ1) is 16.0. The van der Waals surface area contributed by atoms with Crippen molar-refractivity contribution in [3.63, 3.8) is 0 Å². The molecule has 0 radical (unpaired) electrons. The lowest BCUT2D eigenvalue weighted by atomic mass is 10.1. The number of fused-ring (bicyclic) bond motifs is 2. The van der Waals surface area contributed by atoms with E-state index < -0.39 is 5.97 Å². The summed E-state index contributed by atoms with van der Waals surface area (Å²) in [6.45, 7) is 0. The summed E-state index contributed by atoms with van der Waals surface area (Å²) in [5.41, 5.74) is 1.79. The van der Waals surface area contributed by atoms with Crippen LogP contribution >= 0.6 is 0 Å². The minimum absolute atomic E-state index is 0.698. The van der Waals surface area contributed by atoms with Crippen LogP contribution in [0.2, 0.25) is 0 Å². The van der Waals surface area contributed by atoms with Gasteiger partial charge in [0.15, 0.2) is 0 Å². The van der Waals surface area contributed by atoms with Gasteiger partial charge in [0, 0.05) is 30.3 Å². The average Bonchev–Trinajstić information content (AvgIpc) is 2.97. The highest BCUT2D eigenvalue weighted by atomic mass is 16.5. The topological polar surface area (TPSA) is 51.5 Å². The quantitative estimate of drug-likeness (QED) is 0.517. The lowest BCUT2D eigenvalue weighted by Gasteiger charge is -2.09. The van der Waals surface area contributed by atoms with Gasteiger partial charge in [0.25, 0.3) is 0 Å². The molecule has 3 aromatic carbocycles. The van der Waals surface area contributed by atoms with E-state index in [1.807, 2.05) is 72.4 Å². The van der Waals surface area contributed by atoms with Gasteiger partial charge in [-0.3, -0.25) is 0 Å². The van der Waals surface area contributed by atoms with Crippen molar-refractivity contribution in [2.45, 2.75) is 0 Å². The molecule has 4 rings (SSSR count). The van der Waals surface area contributed by atoms with E-state index in [-0.39, 0.29) is 0 Å². The van der Waals surface area contributed by atoms with Crippen LogP contribution in [-0.4, -0.2) is 15.6 Å². The summed E-state index contributed by atoms with van der Waals surface area (Å²) in [4.78, 5) is 10.9. The Morgan fingerprint density at radius 2 is 1.85 bits per heavy atom.